The maximum absolute atomic E-state index is 2.09. The van der Waals surface area contributed by atoms with Crippen LogP contribution in [0.2, 0.25) is 0 Å². The third kappa shape index (κ3) is 5.38. The Morgan fingerprint density at radius 3 is 1.08 bits per heavy atom. The predicted octanol–water partition coefficient (Wildman–Crippen LogP) is 2.55. The molecule has 2 rings (SSSR count). The monoisotopic (exact) mass is 253 g/mol. The van der Waals surface area contributed by atoms with Crippen LogP contribution in [0.5, 0.6) is 0 Å². The van der Waals surface area contributed by atoms with Gasteiger partial charge in [-0.3, -0.25) is 0 Å². The van der Waals surface area contributed by atoms with Crippen molar-refractivity contribution in [3.63, 3.8) is 0 Å². The first-order valence-electron chi connectivity index (χ1n) is 4.11. The van der Waals surface area contributed by atoms with E-state index in [1.54, 1.807) is 0 Å². The molecule has 0 bridgehead atoms. The van der Waals surface area contributed by atoms with E-state index < -0.39 is 0 Å². The second-order valence-corrected chi connectivity index (χ2v) is 3.63. The van der Waals surface area contributed by atoms with E-state index in [0.717, 1.165) is 0 Å². The van der Waals surface area contributed by atoms with E-state index in [2.05, 4.69) is 12.1 Å². The van der Waals surface area contributed by atoms with Crippen LogP contribution in [0.1, 0.15) is 0 Å². The molecule has 0 heterocycles. The van der Waals surface area contributed by atoms with Gasteiger partial charge >= 0.3 is 54.1 Å². The fourth-order valence-electron chi connectivity index (χ4n) is 0.805. The summed E-state index contributed by atoms with van der Waals surface area (Å²) in [5.74, 6) is 0. The van der Waals surface area contributed by atoms with Crippen LogP contribution in [0.3, 0.4) is 0 Å². The molecule has 2 aromatic carbocycles. The molecule has 0 aliphatic carbocycles. The summed E-state index contributed by atoms with van der Waals surface area (Å²) in [5, 5.41) is 0. The molecule has 65 valence electrons. The van der Waals surface area contributed by atoms with Crippen molar-refractivity contribution in [2.24, 2.45) is 0 Å². The second-order valence-electron chi connectivity index (χ2n) is 2.47. The van der Waals surface area contributed by atoms with Gasteiger partial charge in [-0.15, -0.1) is 0 Å². The first-order chi connectivity index (χ1) is 6.39. The molecule has 0 aliphatic rings. The maximum Gasteiger partial charge on any atom is -0.0623 e. The molecule has 0 saturated heterocycles. The van der Waals surface area contributed by atoms with Gasteiger partial charge in [-0.2, -0.15) is 0 Å². The second kappa shape index (κ2) is 6.62. The minimum atomic E-state index is 1.33. The van der Waals surface area contributed by atoms with Crippen molar-refractivity contribution in [3.05, 3.63) is 66.7 Å². The van der Waals surface area contributed by atoms with E-state index in [1.807, 2.05) is 74.4 Å². The van der Waals surface area contributed by atoms with Crippen LogP contribution in [0.4, 0.5) is 0 Å². The molecule has 0 aliphatic heterocycles. The normalized spacial score (nSPS) is 8.31. The Morgan fingerprint density at radius 2 is 0.846 bits per heavy atom. The van der Waals surface area contributed by atoms with Gasteiger partial charge in [0.15, 0.2) is 0 Å². The van der Waals surface area contributed by atoms with Crippen LogP contribution in [0, 0.1) is 0 Å². The summed E-state index contributed by atoms with van der Waals surface area (Å²) in [6.45, 7) is 0. The molecule has 0 nitrogen and oxygen atoms in total. The first kappa shape index (κ1) is 10.2. The van der Waals surface area contributed by atoms with Gasteiger partial charge in [-0.05, 0) is 0 Å². The van der Waals surface area contributed by atoms with E-state index in [1.165, 1.54) is 3.95 Å². The zero-order valence-electron chi connectivity index (χ0n) is 7.26. The fraction of sp³-hybridized carbons (Fsp3) is 0. The summed E-state index contributed by atoms with van der Waals surface area (Å²) in [5.41, 5.74) is 0. The summed E-state index contributed by atoms with van der Waals surface area (Å²) in [4.78, 5) is 0. The van der Waals surface area contributed by atoms with Gasteiger partial charge in [0.25, 0.3) is 0 Å². The molecule has 1 heteroatoms. The van der Waals surface area contributed by atoms with Crippen LogP contribution in [-0.2, 0) is 19.8 Å². The molecule has 0 unspecified atom stereocenters. The number of benzene rings is 2. The Balaban J connectivity index is 0.000000132. The number of hydrogen-bond donors (Lipinski definition) is 0. The zero-order chi connectivity index (χ0) is 9.36. The average Bonchev–Trinajstić information content (AvgIpc) is 2.22. The molecule has 13 heavy (non-hydrogen) atoms. The van der Waals surface area contributed by atoms with Gasteiger partial charge in [-0.25, -0.2) is 0 Å². The summed E-state index contributed by atoms with van der Waals surface area (Å²) >= 11 is 2.02. The molecular weight excluding hydrogens is 240 g/mol. The van der Waals surface area contributed by atoms with Crippen LogP contribution in [0.25, 0.3) is 0 Å². The molecule has 0 aromatic heterocycles. The largest absolute Gasteiger partial charge is 0.0623 e. The van der Waals surface area contributed by atoms with Crippen LogP contribution >= 0.6 is 0 Å². The molecule has 0 atom stereocenters. The van der Waals surface area contributed by atoms with Crippen molar-refractivity contribution < 1.29 is 19.8 Å². The van der Waals surface area contributed by atoms with Crippen molar-refractivity contribution in [2.45, 2.75) is 0 Å². The minimum absolute atomic E-state index is 1.33. The van der Waals surface area contributed by atoms with E-state index in [4.69, 9.17) is 0 Å². The number of hydrogen-bond acceptors (Lipinski definition) is 0. The van der Waals surface area contributed by atoms with Gasteiger partial charge in [0.2, 0.25) is 0 Å². The smallest absolute Gasteiger partial charge is 0.0623 e. The van der Waals surface area contributed by atoms with Crippen LogP contribution in [0.15, 0.2) is 66.7 Å². The van der Waals surface area contributed by atoms with Gasteiger partial charge in [0.1, 0.15) is 0 Å². The Bertz CT molecular complexity index is 276. The quantitative estimate of drug-likeness (QED) is 0.631. The Hall–Kier alpha value is -0.872. The van der Waals surface area contributed by atoms with Crippen molar-refractivity contribution in [1.29, 1.82) is 0 Å². The summed E-state index contributed by atoms with van der Waals surface area (Å²) in [7, 11) is 0. The number of rotatable bonds is 0. The molecule has 0 spiro atoms. The summed E-state index contributed by atoms with van der Waals surface area (Å²) in [6.07, 6.45) is 0. The van der Waals surface area contributed by atoms with Crippen molar-refractivity contribution in [1.82, 2.24) is 0 Å². The third-order valence-corrected chi connectivity index (χ3v) is 2.08. The molecular formula is C12H11Mo. The van der Waals surface area contributed by atoms with Crippen LogP contribution < -0.4 is 3.95 Å². The third-order valence-electron chi connectivity index (χ3n) is 1.41. The first-order valence-corrected chi connectivity index (χ1v) is 5.12. The molecule has 0 radical (unpaired) electrons. The van der Waals surface area contributed by atoms with E-state index in [0.29, 0.717) is 0 Å². The van der Waals surface area contributed by atoms with E-state index in [9.17, 15) is 0 Å². The minimum Gasteiger partial charge on any atom is -0.0623 e. The maximum atomic E-state index is 2.09. The average molecular weight is 251 g/mol. The molecule has 0 saturated carbocycles. The van der Waals surface area contributed by atoms with Crippen LogP contribution in [-0.4, -0.2) is 0 Å². The van der Waals surface area contributed by atoms with Gasteiger partial charge in [-0.1, -0.05) is 36.4 Å². The molecule has 0 N–H and O–H groups in total. The van der Waals surface area contributed by atoms with Crippen molar-refractivity contribution in [2.75, 3.05) is 0 Å². The van der Waals surface area contributed by atoms with E-state index >= 15 is 0 Å². The Labute approximate surface area is 90.5 Å². The Morgan fingerprint density at radius 1 is 0.538 bits per heavy atom. The Kier molecular flexibility index (Phi) is 5.20. The van der Waals surface area contributed by atoms with E-state index in [-0.39, 0.29) is 0 Å². The van der Waals surface area contributed by atoms with Crippen molar-refractivity contribution >= 4 is 3.95 Å². The zero-order valence-corrected chi connectivity index (χ0v) is 9.27. The molecule has 0 amide bonds. The SMILES string of the molecule is [Mo][c]1ccccc1.c1ccccc1. The van der Waals surface area contributed by atoms with Gasteiger partial charge in [0.05, 0.1) is 0 Å². The predicted molar refractivity (Wildman–Crippen MR) is 52.5 cm³/mol. The van der Waals surface area contributed by atoms with Gasteiger partial charge in [0, 0.05) is 0 Å². The van der Waals surface area contributed by atoms with Crippen molar-refractivity contribution in [3.8, 4) is 0 Å². The molecule has 2 aromatic rings. The molecule has 0 fully saturated rings. The summed E-state index contributed by atoms with van der Waals surface area (Å²) < 4.78 is 1.33. The summed E-state index contributed by atoms with van der Waals surface area (Å²) in [6, 6.07) is 22.3. The standard InChI is InChI=1S/C6H6.C6H5.Mo/c2*1-2-4-6-5-3-1;/h1-6H;1-5H;. The fourth-order valence-corrected chi connectivity index (χ4v) is 1.19. The van der Waals surface area contributed by atoms with Gasteiger partial charge < -0.3 is 0 Å². The topological polar surface area (TPSA) is 0 Å².